The van der Waals surface area contributed by atoms with Crippen molar-refractivity contribution in [2.45, 2.75) is 32.3 Å². The highest BCUT2D eigenvalue weighted by Crippen LogP contribution is 2.44. The summed E-state index contributed by atoms with van der Waals surface area (Å²) in [4.78, 5) is 25.5. The Morgan fingerprint density at radius 2 is 1.24 bits per heavy atom. The largest absolute Gasteiger partial charge is 0.449 e. The van der Waals surface area contributed by atoms with Gasteiger partial charge in [0.2, 0.25) is 0 Å². The number of hydrogen-bond acceptors (Lipinski definition) is 8. The van der Waals surface area contributed by atoms with Gasteiger partial charge in [-0.05, 0) is 43.0 Å². The molecule has 41 heavy (non-hydrogen) atoms. The Hall–Kier alpha value is -3.18. The van der Waals surface area contributed by atoms with Gasteiger partial charge in [-0.1, -0.05) is 48.5 Å². The van der Waals surface area contributed by atoms with Crippen molar-refractivity contribution in [3.8, 4) is 11.1 Å². The Kier molecular flexibility index (Phi) is 13.4. The molecule has 0 fully saturated rings. The van der Waals surface area contributed by atoms with E-state index >= 15 is 0 Å². The number of nitrogens with zero attached hydrogens (tertiary/aromatic N) is 1. The molecule has 2 aromatic carbocycles. The van der Waals surface area contributed by atoms with Gasteiger partial charge in [-0.3, -0.25) is 0 Å². The molecule has 3 rings (SSSR count). The Labute approximate surface area is 243 Å². The second kappa shape index (κ2) is 16.9. The summed E-state index contributed by atoms with van der Waals surface area (Å²) >= 11 is 0. The van der Waals surface area contributed by atoms with Crippen molar-refractivity contribution in [3.05, 3.63) is 59.7 Å². The third-order valence-electron chi connectivity index (χ3n) is 6.25. The van der Waals surface area contributed by atoms with Crippen molar-refractivity contribution in [1.29, 1.82) is 0 Å². The Morgan fingerprint density at radius 1 is 0.756 bits per heavy atom. The second-order valence-electron chi connectivity index (χ2n) is 10.6. The lowest BCUT2D eigenvalue weighted by Gasteiger charge is -2.24. The molecule has 10 heteroatoms. The van der Waals surface area contributed by atoms with E-state index in [9.17, 15) is 9.59 Å². The van der Waals surface area contributed by atoms with Gasteiger partial charge in [-0.15, -0.1) is 0 Å². The molecule has 0 saturated carbocycles. The van der Waals surface area contributed by atoms with E-state index in [1.165, 1.54) is 27.2 Å². The molecule has 0 unspecified atom stereocenters. The fourth-order valence-corrected chi connectivity index (χ4v) is 4.27. The summed E-state index contributed by atoms with van der Waals surface area (Å²) in [5, 5.41) is 2.73. The van der Waals surface area contributed by atoms with E-state index < -0.39 is 11.7 Å². The van der Waals surface area contributed by atoms with Crippen LogP contribution in [-0.4, -0.2) is 102 Å². The summed E-state index contributed by atoms with van der Waals surface area (Å²) in [6.07, 6.45) is -0.826. The molecule has 0 atom stereocenters. The average molecular weight is 573 g/mol. The first-order chi connectivity index (χ1) is 19.8. The molecule has 0 aliphatic heterocycles. The molecule has 0 spiro atoms. The minimum absolute atomic E-state index is 0.0379. The first kappa shape index (κ1) is 32.3. The summed E-state index contributed by atoms with van der Waals surface area (Å²) in [7, 11) is 1.68. The van der Waals surface area contributed by atoms with Gasteiger partial charge in [-0.2, -0.15) is 0 Å². The fraction of sp³-hybridized carbons (Fsp3) is 0.548. The Balaban J connectivity index is 1.11. The van der Waals surface area contributed by atoms with Crippen LogP contribution in [-0.2, 0) is 28.4 Å². The van der Waals surface area contributed by atoms with Crippen molar-refractivity contribution < 1.29 is 38.0 Å². The first-order valence-electron chi connectivity index (χ1n) is 14.1. The van der Waals surface area contributed by atoms with E-state index in [0.717, 1.165) is 0 Å². The van der Waals surface area contributed by atoms with Crippen LogP contribution in [0.3, 0.4) is 0 Å². The highest BCUT2D eigenvalue weighted by Gasteiger charge is 2.29. The van der Waals surface area contributed by atoms with Crippen LogP contribution in [0.2, 0.25) is 0 Å². The highest BCUT2D eigenvalue weighted by molar-refractivity contribution is 5.79. The van der Waals surface area contributed by atoms with Gasteiger partial charge >= 0.3 is 12.2 Å². The van der Waals surface area contributed by atoms with Crippen LogP contribution in [0.5, 0.6) is 0 Å². The molecule has 2 amide bonds. The average Bonchev–Trinajstić information content (AvgIpc) is 3.26. The van der Waals surface area contributed by atoms with E-state index in [1.54, 1.807) is 7.05 Å². The van der Waals surface area contributed by atoms with Crippen LogP contribution in [0.25, 0.3) is 11.1 Å². The number of alkyl carbamates (subject to hydrolysis) is 1. The molecule has 226 valence electrons. The van der Waals surface area contributed by atoms with Crippen molar-refractivity contribution in [2.24, 2.45) is 0 Å². The van der Waals surface area contributed by atoms with Gasteiger partial charge in [-0.25, -0.2) is 9.59 Å². The Bertz CT molecular complexity index is 1040. The Morgan fingerprint density at radius 3 is 1.78 bits per heavy atom. The number of benzene rings is 2. The maximum Gasteiger partial charge on any atom is 0.410 e. The smallest absolute Gasteiger partial charge is 0.410 e. The number of fused-ring (bicyclic) bond motifs is 3. The number of hydrogen-bond donors (Lipinski definition) is 1. The number of carbonyl (C=O) groups excluding carboxylic acids is 2. The number of rotatable bonds is 17. The topological polar surface area (TPSA) is 105 Å². The molecule has 0 saturated heterocycles. The van der Waals surface area contributed by atoms with Crippen LogP contribution in [0.15, 0.2) is 48.5 Å². The fourth-order valence-electron chi connectivity index (χ4n) is 4.27. The van der Waals surface area contributed by atoms with Crippen molar-refractivity contribution in [2.75, 3.05) is 79.6 Å². The van der Waals surface area contributed by atoms with Gasteiger partial charge in [0.25, 0.3) is 0 Å². The lowest BCUT2D eigenvalue weighted by Crippen LogP contribution is -2.36. The normalized spacial score (nSPS) is 12.5. The molecule has 2 aromatic rings. The minimum atomic E-state index is -0.515. The van der Waals surface area contributed by atoms with E-state index in [-0.39, 0.29) is 18.6 Å². The monoisotopic (exact) mass is 572 g/mol. The van der Waals surface area contributed by atoms with Crippen LogP contribution >= 0.6 is 0 Å². The molecule has 0 heterocycles. The van der Waals surface area contributed by atoms with Crippen molar-refractivity contribution in [3.63, 3.8) is 0 Å². The predicted molar refractivity (Wildman–Crippen MR) is 155 cm³/mol. The first-order valence-corrected chi connectivity index (χ1v) is 14.1. The lowest BCUT2D eigenvalue weighted by atomic mass is 9.98. The van der Waals surface area contributed by atoms with Gasteiger partial charge in [0.15, 0.2) is 0 Å². The van der Waals surface area contributed by atoms with E-state index in [2.05, 4.69) is 29.6 Å². The van der Waals surface area contributed by atoms with Gasteiger partial charge in [0, 0.05) is 26.1 Å². The summed E-state index contributed by atoms with van der Waals surface area (Å²) in [5.74, 6) is 0.0379. The van der Waals surface area contributed by atoms with Gasteiger partial charge < -0.3 is 38.6 Å². The van der Waals surface area contributed by atoms with Crippen LogP contribution < -0.4 is 5.32 Å². The van der Waals surface area contributed by atoms with Crippen molar-refractivity contribution in [1.82, 2.24) is 10.2 Å². The quantitative estimate of drug-likeness (QED) is 0.277. The summed E-state index contributed by atoms with van der Waals surface area (Å²) in [5.41, 5.74) is 4.25. The number of ether oxygens (including phenoxy) is 6. The molecule has 1 aliphatic rings. The van der Waals surface area contributed by atoms with Crippen LogP contribution in [0, 0.1) is 0 Å². The molecule has 1 aliphatic carbocycles. The minimum Gasteiger partial charge on any atom is -0.449 e. The second-order valence-corrected chi connectivity index (χ2v) is 10.6. The summed E-state index contributed by atoms with van der Waals surface area (Å²) < 4.78 is 32.7. The summed E-state index contributed by atoms with van der Waals surface area (Å²) in [6.45, 7) is 9.97. The van der Waals surface area contributed by atoms with Gasteiger partial charge in [0.1, 0.15) is 12.2 Å². The maximum atomic E-state index is 12.2. The number of nitrogens with one attached hydrogen (secondary N) is 1. The predicted octanol–water partition coefficient (Wildman–Crippen LogP) is 4.46. The number of carbonyl (C=O) groups is 2. The lowest BCUT2D eigenvalue weighted by molar-refractivity contribution is -0.00544. The van der Waals surface area contributed by atoms with Crippen LogP contribution in [0.1, 0.15) is 37.8 Å². The zero-order valence-electron chi connectivity index (χ0n) is 24.7. The molecular weight excluding hydrogens is 528 g/mol. The highest BCUT2D eigenvalue weighted by atomic mass is 16.6. The van der Waals surface area contributed by atoms with Crippen molar-refractivity contribution >= 4 is 12.2 Å². The number of likely N-dealkylation sites (N-methyl/N-ethyl adjacent to an activating group) is 1. The zero-order valence-corrected chi connectivity index (χ0v) is 24.7. The van der Waals surface area contributed by atoms with Gasteiger partial charge in [0.05, 0.1) is 52.9 Å². The molecule has 0 bridgehead atoms. The summed E-state index contributed by atoms with van der Waals surface area (Å²) in [6, 6.07) is 16.5. The molecule has 0 aromatic heterocycles. The van der Waals surface area contributed by atoms with E-state index in [4.69, 9.17) is 28.4 Å². The molecule has 0 radical (unpaired) electrons. The zero-order chi connectivity index (χ0) is 29.5. The SMILES string of the molecule is CN(CCOCCOCCOCCOCCNC(=O)OCC1c2ccccc2-c2ccccc21)C(=O)OC(C)(C)C. The molecule has 10 nitrogen and oxygen atoms in total. The van der Waals surface area contributed by atoms with E-state index in [1.807, 2.05) is 45.0 Å². The third-order valence-corrected chi connectivity index (χ3v) is 6.25. The maximum absolute atomic E-state index is 12.2. The number of amides is 2. The molecule has 1 N–H and O–H groups in total. The standard InChI is InChI=1S/C31H44N2O8/c1-31(2,3)41-30(35)33(4)14-16-37-18-20-39-22-21-38-19-17-36-15-13-32-29(34)40-23-28-26-11-7-5-9-24(26)25-10-6-8-12-27(25)28/h5-12,28H,13-23H2,1-4H3,(H,32,34). The third kappa shape index (κ3) is 11.3. The molecular formula is C31H44N2O8. The van der Waals surface area contributed by atoms with E-state index in [0.29, 0.717) is 65.9 Å². The van der Waals surface area contributed by atoms with Crippen LogP contribution in [0.4, 0.5) is 9.59 Å².